The molecule has 5 heteroatoms. The van der Waals surface area contributed by atoms with E-state index < -0.39 is 0 Å². The van der Waals surface area contributed by atoms with Gasteiger partial charge in [0.05, 0.1) is 8.95 Å². The van der Waals surface area contributed by atoms with Crippen LogP contribution in [0.3, 0.4) is 0 Å². The molecule has 2 rings (SSSR count). The predicted octanol–water partition coefficient (Wildman–Crippen LogP) is 4.42. The number of aromatic hydroxyl groups is 2. The van der Waals surface area contributed by atoms with Gasteiger partial charge in [0.1, 0.15) is 0 Å². The smallest absolute Gasteiger partial charge is 0.172 e. The van der Waals surface area contributed by atoms with Gasteiger partial charge < -0.3 is 14.9 Å². The van der Waals surface area contributed by atoms with Gasteiger partial charge in [-0.2, -0.15) is 0 Å². The Morgan fingerprint density at radius 2 is 1.18 bits per heavy atom. The van der Waals surface area contributed by atoms with Crippen molar-refractivity contribution in [1.29, 1.82) is 0 Å². The lowest BCUT2D eigenvalue weighted by Crippen LogP contribution is -1.86. The molecule has 0 atom stereocenters. The van der Waals surface area contributed by atoms with Crippen molar-refractivity contribution in [3.63, 3.8) is 0 Å². The average molecular weight is 360 g/mol. The highest BCUT2D eigenvalue weighted by Crippen LogP contribution is 2.41. The maximum absolute atomic E-state index is 9.75. The minimum Gasteiger partial charge on any atom is -0.503 e. The summed E-state index contributed by atoms with van der Waals surface area (Å²) < 4.78 is 6.51. The van der Waals surface area contributed by atoms with E-state index in [1.54, 1.807) is 36.4 Å². The highest BCUT2D eigenvalue weighted by Gasteiger charge is 2.11. The zero-order valence-electron chi connectivity index (χ0n) is 8.52. The third-order valence-corrected chi connectivity index (χ3v) is 3.40. The molecule has 0 fully saturated rings. The molecule has 2 N–H and O–H groups in total. The first-order valence-corrected chi connectivity index (χ1v) is 6.31. The van der Waals surface area contributed by atoms with Crippen LogP contribution in [-0.2, 0) is 0 Å². The van der Waals surface area contributed by atoms with Crippen molar-refractivity contribution in [3.05, 3.63) is 45.3 Å². The molecule has 2 aromatic carbocycles. The van der Waals surface area contributed by atoms with E-state index in [0.717, 1.165) is 0 Å². The molecular formula is C12H8Br2O3. The van der Waals surface area contributed by atoms with Gasteiger partial charge in [0.15, 0.2) is 23.0 Å². The Kier molecular flexibility index (Phi) is 3.59. The zero-order chi connectivity index (χ0) is 12.4. The Hall–Kier alpha value is -1.20. The lowest BCUT2D eigenvalue weighted by Gasteiger charge is -2.10. The topological polar surface area (TPSA) is 49.7 Å². The minimum atomic E-state index is -0.00752. The van der Waals surface area contributed by atoms with Gasteiger partial charge in [-0.05, 0) is 56.1 Å². The molecule has 0 aliphatic carbocycles. The fourth-order valence-corrected chi connectivity index (χ4v) is 1.97. The molecule has 2 aromatic rings. The third-order valence-electron chi connectivity index (χ3n) is 2.12. The summed E-state index contributed by atoms with van der Waals surface area (Å²) in [5.74, 6) is 0.527. The standard InChI is InChI=1S/C12H8Br2O3/c13-7-3-1-5-9(11(7)15)17-10-6-2-4-8(14)12(10)16/h1-6,15-16H. The molecule has 0 aromatic heterocycles. The maximum Gasteiger partial charge on any atom is 0.172 e. The quantitative estimate of drug-likeness (QED) is 0.834. The first-order valence-electron chi connectivity index (χ1n) is 4.72. The van der Waals surface area contributed by atoms with Crippen LogP contribution in [-0.4, -0.2) is 10.2 Å². The fraction of sp³-hybridized carbons (Fsp3) is 0. The van der Waals surface area contributed by atoms with E-state index in [4.69, 9.17) is 4.74 Å². The highest BCUT2D eigenvalue weighted by atomic mass is 79.9. The monoisotopic (exact) mass is 358 g/mol. The largest absolute Gasteiger partial charge is 0.503 e. The molecule has 0 saturated carbocycles. The summed E-state index contributed by atoms with van der Waals surface area (Å²) >= 11 is 6.38. The molecule has 0 saturated heterocycles. The number of para-hydroxylation sites is 2. The van der Waals surface area contributed by atoms with E-state index >= 15 is 0 Å². The van der Waals surface area contributed by atoms with Crippen molar-refractivity contribution < 1.29 is 14.9 Å². The van der Waals surface area contributed by atoms with Crippen LogP contribution in [0, 0.1) is 0 Å². The van der Waals surface area contributed by atoms with Crippen molar-refractivity contribution in [1.82, 2.24) is 0 Å². The van der Waals surface area contributed by atoms with Gasteiger partial charge in [-0.15, -0.1) is 0 Å². The van der Waals surface area contributed by atoms with E-state index in [1.807, 2.05) is 0 Å². The Morgan fingerprint density at radius 1 is 0.765 bits per heavy atom. The number of hydrogen-bond acceptors (Lipinski definition) is 3. The maximum atomic E-state index is 9.75. The highest BCUT2D eigenvalue weighted by molar-refractivity contribution is 9.10. The molecule has 0 spiro atoms. The number of benzene rings is 2. The second-order valence-corrected chi connectivity index (χ2v) is 4.98. The molecule has 0 aliphatic heterocycles. The van der Waals surface area contributed by atoms with Crippen LogP contribution in [0.4, 0.5) is 0 Å². The number of phenols is 2. The Morgan fingerprint density at radius 3 is 1.59 bits per heavy atom. The van der Waals surface area contributed by atoms with Gasteiger partial charge >= 0.3 is 0 Å². The van der Waals surface area contributed by atoms with Gasteiger partial charge in [0, 0.05) is 0 Å². The summed E-state index contributed by atoms with van der Waals surface area (Å²) in [5, 5.41) is 19.5. The summed E-state index contributed by atoms with van der Waals surface area (Å²) in [6.45, 7) is 0. The molecule has 0 radical (unpaired) electrons. The van der Waals surface area contributed by atoms with Crippen molar-refractivity contribution in [2.45, 2.75) is 0 Å². The third kappa shape index (κ3) is 2.56. The van der Waals surface area contributed by atoms with E-state index in [-0.39, 0.29) is 23.0 Å². The molecular weight excluding hydrogens is 352 g/mol. The van der Waals surface area contributed by atoms with Gasteiger partial charge in [-0.25, -0.2) is 0 Å². The Balaban J connectivity index is 2.38. The van der Waals surface area contributed by atoms with Crippen LogP contribution in [0.15, 0.2) is 45.3 Å². The van der Waals surface area contributed by atoms with Crippen LogP contribution < -0.4 is 4.74 Å². The number of hydrogen-bond donors (Lipinski definition) is 2. The van der Waals surface area contributed by atoms with Crippen molar-refractivity contribution in [2.75, 3.05) is 0 Å². The van der Waals surface area contributed by atoms with Crippen LogP contribution in [0.2, 0.25) is 0 Å². The average Bonchev–Trinajstić information content (AvgIpc) is 2.31. The van der Waals surface area contributed by atoms with Crippen molar-refractivity contribution >= 4 is 31.9 Å². The summed E-state index contributed by atoms with van der Waals surface area (Å²) in [6, 6.07) is 10.1. The van der Waals surface area contributed by atoms with Crippen LogP contribution in [0.5, 0.6) is 23.0 Å². The number of ether oxygens (including phenoxy) is 1. The predicted molar refractivity (Wildman–Crippen MR) is 71.7 cm³/mol. The zero-order valence-corrected chi connectivity index (χ0v) is 11.7. The molecule has 0 heterocycles. The summed E-state index contributed by atoms with van der Waals surface area (Å²) in [4.78, 5) is 0. The van der Waals surface area contributed by atoms with Crippen LogP contribution in [0.25, 0.3) is 0 Å². The minimum absolute atomic E-state index is 0.00752. The normalized spacial score (nSPS) is 10.2. The fourth-order valence-electron chi connectivity index (χ4n) is 1.27. The summed E-state index contributed by atoms with van der Waals surface area (Å²) in [5.41, 5.74) is 0. The molecule has 0 amide bonds. The lowest BCUT2D eigenvalue weighted by atomic mass is 10.3. The number of phenolic OH excluding ortho intramolecular Hbond substituents is 2. The van der Waals surface area contributed by atoms with E-state index in [2.05, 4.69) is 31.9 Å². The first-order chi connectivity index (χ1) is 8.09. The summed E-state index contributed by atoms with van der Waals surface area (Å²) in [7, 11) is 0. The SMILES string of the molecule is Oc1c(Br)cccc1Oc1cccc(Br)c1O. The van der Waals surface area contributed by atoms with Crippen molar-refractivity contribution in [3.8, 4) is 23.0 Å². The first kappa shape index (κ1) is 12.3. The Labute approximate surface area is 115 Å². The van der Waals surface area contributed by atoms with Gasteiger partial charge in [0.2, 0.25) is 0 Å². The lowest BCUT2D eigenvalue weighted by molar-refractivity contribution is 0.382. The van der Waals surface area contributed by atoms with Crippen molar-refractivity contribution in [2.24, 2.45) is 0 Å². The molecule has 3 nitrogen and oxygen atoms in total. The summed E-state index contributed by atoms with van der Waals surface area (Å²) in [6.07, 6.45) is 0. The van der Waals surface area contributed by atoms with Gasteiger partial charge in [-0.1, -0.05) is 12.1 Å². The number of rotatable bonds is 2. The second-order valence-electron chi connectivity index (χ2n) is 3.28. The second kappa shape index (κ2) is 4.98. The van der Waals surface area contributed by atoms with Gasteiger partial charge in [0.25, 0.3) is 0 Å². The number of halogens is 2. The molecule has 17 heavy (non-hydrogen) atoms. The van der Waals surface area contributed by atoms with E-state index in [0.29, 0.717) is 8.95 Å². The van der Waals surface area contributed by atoms with Crippen LogP contribution >= 0.6 is 31.9 Å². The van der Waals surface area contributed by atoms with E-state index in [1.165, 1.54) is 0 Å². The van der Waals surface area contributed by atoms with Crippen LogP contribution in [0.1, 0.15) is 0 Å². The van der Waals surface area contributed by atoms with E-state index in [9.17, 15) is 10.2 Å². The Bertz CT molecular complexity index is 506. The van der Waals surface area contributed by atoms with Gasteiger partial charge in [-0.3, -0.25) is 0 Å². The molecule has 0 bridgehead atoms. The molecule has 0 unspecified atom stereocenters. The molecule has 88 valence electrons. The molecule has 0 aliphatic rings.